The molecule has 1 atom stereocenters. The predicted octanol–water partition coefficient (Wildman–Crippen LogP) is 4.64. The van der Waals surface area contributed by atoms with Gasteiger partial charge in [-0.1, -0.05) is 0 Å². The van der Waals surface area contributed by atoms with Crippen LogP contribution in [0.25, 0.3) is 0 Å². The van der Waals surface area contributed by atoms with Gasteiger partial charge in [-0.25, -0.2) is 0 Å². The average molecular weight is 285 g/mol. The normalized spacial score (nSPS) is 16.8. The van der Waals surface area contributed by atoms with Crippen molar-refractivity contribution in [3.05, 3.63) is 48.4 Å². The van der Waals surface area contributed by atoms with Gasteiger partial charge in [0, 0.05) is 18.2 Å². The third-order valence-electron chi connectivity index (χ3n) is 3.96. The quantitative estimate of drug-likeness (QED) is 0.839. The standard InChI is InChI=1S/C18H23NO2/c1-14(13-18-7-4-12-20-18)19-15-8-10-17(11-9-15)21-16-5-2-3-6-16/h4,7-12,14,16,19H,2-3,5-6,13H2,1H3. The molecule has 0 radical (unpaired) electrons. The van der Waals surface area contributed by atoms with Crippen LogP contribution in [0.15, 0.2) is 47.1 Å². The van der Waals surface area contributed by atoms with Crippen molar-refractivity contribution in [2.45, 2.75) is 51.2 Å². The summed E-state index contributed by atoms with van der Waals surface area (Å²) in [5.74, 6) is 1.99. The third-order valence-corrected chi connectivity index (χ3v) is 3.96. The number of anilines is 1. The van der Waals surface area contributed by atoms with E-state index >= 15 is 0 Å². The van der Waals surface area contributed by atoms with Gasteiger partial charge in [0.25, 0.3) is 0 Å². The summed E-state index contributed by atoms with van der Waals surface area (Å²) >= 11 is 0. The number of rotatable bonds is 6. The van der Waals surface area contributed by atoms with E-state index in [0.717, 1.165) is 23.6 Å². The topological polar surface area (TPSA) is 34.4 Å². The second-order valence-corrected chi connectivity index (χ2v) is 5.88. The number of ether oxygens (including phenoxy) is 1. The molecule has 1 aliphatic rings. The molecule has 3 nitrogen and oxygen atoms in total. The molecule has 21 heavy (non-hydrogen) atoms. The molecular formula is C18H23NO2. The maximum Gasteiger partial charge on any atom is 0.119 e. The molecule has 0 amide bonds. The van der Waals surface area contributed by atoms with E-state index in [1.54, 1.807) is 6.26 Å². The fourth-order valence-corrected chi connectivity index (χ4v) is 2.89. The Bertz CT molecular complexity index is 527. The minimum Gasteiger partial charge on any atom is -0.490 e. The van der Waals surface area contributed by atoms with Gasteiger partial charge in [0.1, 0.15) is 11.5 Å². The fraction of sp³-hybridized carbons (Fsp3) is 0.444. The number of benzene rings is 1. The lowest BCUT2D eigenvalue weighted by Crippen LogP contribution is -2.17. The Morgan fingerprint density at radius 2 is 1.95 bits per heavy atom. The summed E-state index contributed by atoms with van der Waals surface area (Å²) in [4.78, 5) is 0. The SMILES string of the molecule is CC(Cc1ccco1)Nc1ccc(OC2CCCC2)cc1. The van der Waals surface area contributed by atoms with E-state index in [1.807, 2.05) is 12.1 Å². The summed E-state index contributed by atoms with van der Waals surface area (Å²) in [6, 6.07) is 12.6. The summed E-state index contributed by atoms with van der Waals surface area (Å²) in [5.41, 5.74) is 1.12. The summed E-state index contributed by atoms with van der Waals surface area (Å²) in [6.45, 7) is 2.16. The van der Waals surface area contributed by atoms with Crippen LogP contribution in [0, 0.1) is 0 Å². The zero-order chi connectivity index (χ0) is 14.5. The molecule has 2 aromatic rings. The van der Waals surface area contributed by atoms with Crippen molar-refractivity contribution < 1.29 is 9.15 Å². The van der Waals surface area contributed by atoms with Crippen molar-refractivity contribution in [2.24, 2.45) is 0 Å². The molecule has 0 saturated heterocycles. The van der Waals surface area contributed by atoms with Gasteiger partial charge in [-0.2, -0.15) is 0 Å². The van der Waals surface area contributed by atoms with E-state index in [0.29, 0.717) is 12.1 Å². The highest BCUT2D eigenvalue weighted by atomic mass is 16.5. The van der Waals surface area contributed by atoms with E-state index < -0.39 is 0 Å². The van der Waals surface area contributed by atoms with Gasteiger partial charge in [-0.3, -0.25) is 0 Å². The Balaban J connectivity index is 1.51. The second-order valence-electron chi connectivity index (χ2n) is 5.88. The fourth-order valence-electron chi connectivity index (χ4n) is 2.89. The molecule has 1 N–H and O–H groups in total. The highest BCUT2D eigenvalue weighted by Gasteiger charge is 2.16. The van der Waals surface area contributed by atoms with Crippen LogP contribution in [0.1, 0.15) is 38.4 Å². The minimum absolute atomic E-state index is 0.331. The minimum atomic E-state index is 0.331. The Labute approximate surface area is 126 Å². The summed E-state index contributed by atoms with van der Waals surface area (Å²) in [7, 11) is 0. The van der Waals surface area contributed by atoms with E-state index in [1.165, 1.54) is 25.7 Å². The molecule has 3 heteroatoms. The summed E-state index contributed by atoms with van der Waals surface area (Å²) in [5, 5.41) is 3.49. The average Bonchev–Trinajstić information content (AvgIpc) is 3.14. The van der Waals surface area contributed by atoms with Gasteiger partial charge in [0.05, 0.1) is 12.4 Å². The van der Waals surface area contributed by atoms with Crippen LogP contribution in [0.4, 0.5) is 5.69 Å². The van der Waals surface area contributed by atoms with Crippen molar-refractivity contribution >= 4 is 5.69 Å². The molecule has 1 unspecified atom stereocenters. The Morgan fingerprint density at radius 3 is 2.62 bits per heavy atom. The molecule has 1 fully saturated rings. The number of furan rings is 1. The van der Waals surface area contributed by atoms with E-state index in [4.69, 9.17) is 9.15 Å². The van der Waals surface area contributed by atoms with Crippen LogP contribution >= 0.6 is 0 Å². The first kappa shape index (κ1) is 14.1. The molecular weight excluding hydrogens is 262 g/mol. The predicted molar refractivity (Wildman–Crippen MR) is 84.8 cm³/mol. The zero-order valence-corrected chi connectivity index (χ0v) is 12.5. The van der Waals surface area contributed by atoms with Crippen molar-refractivity contribution in [2.75, 3.05) is 5.32 Å². The number of nitrogens with one attached hydrogen (secondary N) is 1. The Morgan fingerprint density at radius 1 is 1.19 bits per heavy atom. The third kappa shape index (κ3) is 4.03. The van der Waals surface area contributed by atoms with Gasteiger partial charge in [0.2, 0.25) is 0 Å². The van der Waals surface area contributed by atoms with Gasteiger partial charge in [-0.15, -0.1) is 0 Å². The van der Waals surface area contributed by atoms with Crippen LogP contribution in [0.2, 0.25) is 0 Å². The molecule has 3 rings (SSSR count). The molecule has 1 aliphatic carbocycles. The van der Waals surface area contributed by atoms with Crippen molar-refractivity contribution in [1.82, 2.24) is 0 Å². The molecule has 1 aromatic carbocycles. The van der Waals surface area contributed by atoms with Crippen LogP contribution in [0.5, 0.6) is 5.75 Å². The molecule has 1 saturated carbocycles. The van der Waals surface area contributed by atoms with Crippen LogP contribution < -0.4 is 10.1 Å². The van der Waals surface area contributed by atoms with Crippen LogP contribution in [-0.4, -0.2) is 12.1 Å². The van der Waals surface area contributed by atoms with Gasteiger partial charge < -0.3 is 14.5 Å². The van der Waals surface area contributed by atoms with E-state index in [-0.39, 0.29) is 0 Å². The maximum atomic E-state index is 5.98. The second kappa shape index (κ2) is 6.70. The van der Waals surface area contributed by atoms with Crippen molar-refractivity contribution in [3.8, 4) is 5.75 Å². The lowest BCUT2D eigenvalue weighted by atomic mass is 10.2. The molecule has 0 bridgehead atoms. The Kier molecular flexibility index (Phi) is 4.49. The van der Waals surface area contributed by atoms with Crippen LogP contribution in [-0.2, 0) is 6.42 Å². The lowest BCUT2D eigenvalue weighted by Gasteiger charge is -2.16. The summed E-state index contributed by atoms with van der Waals surface area (Å²) < 4.78 is 11.4. The Hall–Kier alpha value is -1.90. The van der Waals surface area contributed by atoms with Crippen molar-refractivity contribution in [1.29, 1.82) is 0 Å². The first-order chi connectivity index (χ1) is 10.3. The van der Waals surface area contributed by atoms with E-state index in [2.05, 4.69) is 36.5 Å². The monoisotopic (exact) mass is 285 g/mol. The first-order valence-corrected chi connectivity index (χ1v) is 7.85. The van der Waals surface area contributed by atoms with Crippen molar-refractivity contribution in [3.63, 3.8) is 0 Å². The molecule has 1 aromatic heterocycles. The first-order valence-electron chi connectivity index (χ1n) is 7.85. The van der Waals surface area contributed by atoms with E-state index in [9.17, 15) is 0 Å². The highest BCUT2D eigenvalue weighted by Crippen LogP contribution is 2.25. The number of hydrogen-bond donors (Lipinski definition) is 1. The van der Waals surface area contributed by atoms with Gasteiger partial charge in [-0.05, 0) is 69.0 Å². The largest absolute Gasteiger partial charge is 0.490 e. The maximum absolute atomic E-state index is 5.98. The highest BCUT2D eigenvalue weighted by molar-refractivity contribution is 5.47. The van der Waals surface area contributed by atoms with Gasteiger partial charge >= 0.3 is 0 Å². The molecule has 0 spiro atoms. The summed E-state index contributed by atoms with van der Waals surface area (Å²) in [6.07, 6.45) is 8.01. The van der Waals surface area contributed by atoms with Crippen LogP contribution in [0.3, 0.4) is 0 Å². The van der Waals surface area contributed by atoms with Gasteiger partial charge in [0.15, 0.2) is 0 Å². The smallest absolute Gasteiger partial charge is 0.119 e. The number of hydrogen-bond acceptors (Lipinski definition) is 3. The molecule has 0 aliphatic heterocycles. The zero-order valence-electron chi connectivity index (χ0n) is 12.5. The molecule has 1 heterocycles. The lowest BCUT2D eigenvalue weighted by molar-refractivity contribution is 0.210. The molecule has 112 valence electrons.